The van der Waals surface area contributed by atoms with Crippen LogP contribution < -0.4 is 0 Å². The first-order valence-corrected chi connectivity index (χ1v) is 3.33. The van der Waals surface area contributed by atoms with Crippen LogP contribution in [-0.2, 0) is 9.47 Å². The predicted octanol–water partition coefficient (Wildman–Crippen LogP) is 1.49. The predicted molar refractivity (Wildman–Crippen MR) is 38.3 cm³/mol. The summed E-state index contributed by atoms with van der Waals surface area (Å²) < 4.78 is 10.5. The van der Waals surface area contributed by atoms with E-state index < -0.39 is 5.79 Å². The third kappa shape index (κ3) is 1.40. The average molecular weight is 146 g/mol. The van der Waals surface area contributed by atoms with Crippen molar-refractivity contribution in [1.29, 1.82) is 0 Å². The van der Waals surface area contributed by atoms with Crippen molar-refractivity contribution >= 4 is 17.3 Å². The molecule has 1 aliphatic heterocycles. The van der Waals surface area contributed by atoms with E-state index in [9.17, 15) is 0 Å². The van der Waals surface area contributed by atoms with Crippen LogP contribution in [0.15, 0.2) is 0 Å². The first kappa shape index (κ1) is 6.96. The first-order chi connectivity index (χ1) is 4.01. The monoisotopic (exact) mass is 146 g/mol. The fourth-order valence-electron chi connectivity index (χ4n) is 0.823. The summed E-state index contributed by atoms with van der Waals surface area (Å²) in [6.45, 7) is 5.59. The van der Waals surface area contributed by atoms with E-state index in [0.29, 0.717) is 5.05 Å². The lowest BCUT2D eigenvalue weighted by atomic mass is 10.4. The van der Waals surface area contributed by atoms with Crippen LogP contribution in [0, 0.1) is 0 Å². The van der Waals surface area contributed by atoms with Crippen molar-refractivity contribution in [3.63, 3.8) is 0 Å². The van der Waals surface area contributed by atoms with Crippen molar-refractivity contribution in [1.82, 2.24) is 0 Å². The molecule has 3 heteroatoms. The molecule has 9 heavy (non-hydrogen) atoms. The van der Waals surface area contributed by atoms with E-state index >= 15 is 0 Å². The standard InChI is InChI=1S/C6H10O2S/c1-4-5(9)8-6(2,3)7-4/h4H,1-3H3. The molecule has 0 spiro atoms. The second-order valence-electron chi connectivity index (χ2n) is 2.58. The number of rotatable bonds is 0. The maximum absolute atomic E-state index is 5.30. The minimum absolute atomic E-state index is 0.0324. The second kappa shape index (κ2) is 1.92. The zero-order valence-electron chi connectivity index (χ0n) is 5.80. The summed E-state index contributed by atoms with van der Waals surface area (Å²) in [5.41, 5.74) is 0. The molecular weight excluding hydrogens is 136 g/mol. The molecule has 1 aliphatic rings. The SMILES string of the molecule is CC1OC(C)(C)OC1=S. The van der Waals surface area contributed by atoms with Gasteiger partial charge in [0.1, 0.15) is 6.10 Å². The third-order valence-electron chi connectivity index (χ3n) is 1.14. The zero-order valence-corrected chi connectivity index (χ0v) is 6.62. The molecule has 1 atom stereocenters. The van der Waals surface area contributed by atoms with Crippen molar-refractivity contribution in [2.75, 3.05) is 0 Å². The van der Waals surface area contributed by atoms with Crippen LogP contribution in [0.4, 0.5) is 0 Å². The van der Waals surface area contributed by atoms with Gasteiger partial charge in [0, 0.05) is 13.8 Å². The summed E-state index contributed by atoms with van der Waals surface area (Å²) >= 11 is 4.84. The minimum atomic E-state index is -0.503. The molecule has 0 N–H and O–H groups in total. The lowest BCUT2D eigenvalue weighted by Crippen LogP contribution is -2.20. The molecule has 1 rings (SSSR count). The van der Waals surface area contributed by atoms with Crippen molar-refractivity contribution in [2.24, 2.45) is 0 Å². The molecule has 1 unspecified atom stereocenters. The molecule has 1 heterocycles. The Bertz CT molecular complexity index is 142. The van der Waals surface area contributed by atoms with Gasteiger partial charge in [-0.25, -0.2) is 0 Å². The Morgan fingerprint density at radius 2 is 2.11 bits per heavy atom. The average Bonchev–Trinajstić information content (AvgIpc) is 1.79. The van der Waals surface area contributed by atoms with Crippen LogP contribution in [0.3, 0.4) is 0 Å². The van der Waals surface area contributed by atoms with Crippen LogP contribution in [0.1, 0.15) is 20.8 Å². The van der Waals surface area contributed by atoms with E-state index in [1.807, 2.05) is 20.8 Å². The smallest absolute Gasteiger partial charge is 0.206 e. The molecule has 0 aromatic rings. The van der Waals surface area contributed by atoms with E-state index in [4.69, 9.17) is 21.7 Å². The molecule has 52 valence electrons. The van der Waals surface area contributed by atoms with Crippen LogP contribution in [-0.4, -0.2) is 16.9 Å². The molecule has 0 bridgehead atoms. The summed E-state index contributed by atoms with van der Waals surface area (Å²) in [4.78, 5) is 0. The van der Waals surface area contributed by atoms with Gasteiger partial charge in [0.2, 0.25) is 5.79 Å². The van der Waals surface area contributed by atoms with Gasteiger partial charge >= 0.3 is 0 Å². The molecule has 0 radical (unpaired) electrons. The topological polar surface area (TPSA) is 18.5 Å². The fourth-order valence-corrected chi connectivity index (χ4v) is 1.07. The highest BCUT2D eigenvalue weighted by Crippen LogP contribution is 2.23. The van der Waals surface area contributed by atoms with E-state index in [1.165, 1.54) is 0 Å². The Morgan fingerprint density at radius 1 is 1.56 bits per heavy atom. The van der Waals surface area contributed by atoms with Gasteiger partial charge in [-0.2, -0.15) is 0 Å². The van der Waals surface area contributed by atoms with E-state index in [2.05, 4.69) is 0 Å². The van der Waals surface area contributed by atoms with Gasteiger partial charge in [-0.3, -0.25) is 0 Å². The summed E-state index contributed by atoms with van der Waals surface area (Å²) in [7, 11) is 0. The molecule has 0 amide bonds. The van der Waals surface area contributed by atoms with Crippen LogP contribution in [0.2, 0.25) is 0 Å². The molecule has 0 aromatic carbocycles. The normalized spacial score (nSPS) is 32.3. The highest BCUT2D eigenvalue weighted by molar-refractivity contribution is 7.80. The molecule has 2 nitrogen and oxygen atoms in total. The Hall–Kier alpha value is -0.150. The molecule has 1 saturated heterocycles. The van der Waals surface area contributed by atoms with Gasteiger partial charge in [0.25, 0.3) is 0 Å². The zero-order chi connectivity index (χ0) is 7.07. The largest absolute Gasteiger partial charge is 0.454 e. The molecular formula is C6H10O2S. The van der Waals surface area contributed by atoms with Crippen molar-refractivity contribution in [2.45, 2.75) is 32.7 Å². The first-order valence-electron chi connectivity index (χ1n) is 2.92. The number of ether oxygens (including phenoxy) is 2. The Kier molecular flexibility index (Phi) is 1.49. The van der Waals surface area contributed by atoms with Gasteiger partial charge in [0.15, 0.2) is 5.05 Å². The molecule has 0 aliphatic carbocycles. The van der Waals surface area contributed by atoms with E-state index in [0.717, 1.165) is 0 Å². The van der Waals surface area contributed by atoms with E-state index in [1.54, 1.807) is 0 Å². The molecule has 1 fully saturated rings. The van der Waals surface area contributed by atoms with Crippen LogP contribution >= 0.6 is 12.2 Å². The fraction of sp³-hybridized carbons (Fsp3) is 0.833. The lowest BCUT2D eigenvalue weighted by Gasteiger charge is -2.14. The molecule has 0 aromatic heterocycles. The summed E-state index contributed by atoms with van der Waals surface area (Å²) in [5.74, 6) is -0.503. The van der Waals surface area contributed by atoms with Gasteiger partial charge in [0.05, 0.1) is 0 Å². The van der Waals surface area contributed by atoms with Gasteiger partial charge in [-0.1, -0.05) is 0 Å². The third-order valence-corrected chi connectivity index (χ3v) is 1.55. The van der Waals surface area contributed by atoms with Crippen molar-refractivity contribution in [3.8, 4) is 0 Å². The quantitative estimate of drug-likeness (QED) is 0.482. The van der Waals surface area contributed by atoms with Crippen molar-refractivity contribution in [3.05, 3.63) is 0 Å². The van der Waals surface area contributed by atoms with Gasteiger partial charge in [-0.15, -0.1) is 0 Å². The Balaban J connectivity index is 2.65. The number of hydrogen-bond acceptors (Lipinski definition) is 3. The van der Waals surface area contributed by atoms with Gasteiger partial charge in [-0.05, 0) is 19.1 Å². The van der Waals surface area contributed by atoms with E-state index in [-0.39, 0.29) is 6.10 Å². The van der Waals surface area contributed by atoms with Crippen molar-refractivity contribution < 1.29 is 9.47 Å². The van der Waals surface area contributed by atoms with Gasteiger partial charge < -0.3 is 9.47 Å². The highest BCUT2D eigenvalue weighted by atomic mass is 32.1. The number of thiocarbonyl (C=S) groups is 1. The minimum Gasteiger partial charge on any atom is -0.454 e. The Morgan fingerprint density at radius 3 is 2.22 bits per heavy atom. The summed E-state index contributed by atoms with van der Waals surface area (Å²) in [5, 5.41) is 0.556. The van der Waals surface area contributed by atoms with Crippen LogP contribution in [0.5, 0.6) is 0 Å². The maximum atomic E-state index is 5.30. The highest BCUT2D eigenvalue weighted by Gasteiger charge is 2.34. The Labute approximate surface area is 60.1 Å². The second-order valence-corrected chi connectivity index (χ2v) is 2.98. The summed E-state index contributed by atoms with van der Waals surface area (Å²) in [6.07, 6.45) is -0.0324. The number of hydrogen-bond donors (Lipinski definition) is 0. The summed E-state index contributed by atoms with van der Waals surface area (Å²) in [6, 6.07) is 0. The maximum Gasteiger partial charge on any atom is 0.206 e. The van der Waals surface area contributed by atoms with Crippen LogP contribution in [0.25, 0.3) is 0 Å². The molecule has 0 saturated carbocycles. The lowest BCUT2D eigenvalue weighted by molar-refractivity contribution is -0.124.